The van der Waals surface area contributed by atoms with Gasteiger partial charge in [-0.3, -0.25) is 4.79 Å². The third-order valence-electron chi connectivity index (χ3n) is 3.95. The Balaban J connectivity index is 1.78. The minimum atomic E-state index is -3.65. The number of Topliss-reactive ketones (excluding diaryl/α,β-unsaturated/α-hetero) is 1. The first-order valence-electron chi connectivity index (χ1n) is 8.47. The Hall–Kier alpha value is -2.84. The van der Waals surface area contributed by atoms with Crippen LogP contribution in [-0.4, -0.2) is 24.2 Å². The summed E-state index contributed by atoms with van der Waals surface area (Å²) in [6.07, 6.45) is 2.69. The van der Waals surface area contributed by atoms with Crippen LogP contribution in [-0.2, 0) is 21.3 Å². The summed E-state index contributed by atoms with van der Waals surface area (Å²) in [7, 11) is -3.65. The molecule has 0 fully saturated rings. The van der Waals surface area contributed by atoms with E-state index in [1.807, 2.05) is 0 Å². The SMILES string of the molecule is CC(=O)c1nccnc1Oc1ccc(CS(=O)(=O)Cc2ccccc2Cl)c(F)c1. The summed E-state index contributed by atoms with van der Waals surface area (Å²) in [4.78, 5) is 19.4. The van der Waals surface area contributed by atoms with Crippen LogP contribution in [0.25, 0.3) is 0 Å². The lowest BCUT2D eigenvalue weighted by atomic mass is 10.2. The summed E-state index contributed by atoms with van der Waals surface area (Å²) in [5.41, 5.74) is 0.462. The predicted octanol–water partition coefficient (Wildman–Crippen LogP) is 4.38. The second kappa shape index (κ2) is 8.67. The number of halogens is 2. The molecule has 3 aromatic rings. The summed E-state index contributed by atoms with van der Waals surface area (Å²) >= 11 is 6.01. The predicted molar refractivity (Wildman–Crippen MR) is 106 cm³/mol. The lowest BCUT2D eigenvalue weighted by molar-refractivity contribution is 0.101. The van der Waals surface area contributed by atoms with Gasteiger partial charge in [0.05, 0.1) is 11.5 Å². The van der Waals surface area contributed by atoms with E-state index in [1.165, 1.54) is 31.5 Å². The Kier molecular flexibility index (Phi) is 6.24. The summed E-state index contributed by atoms with van der Waals surface area (Å²) in [5.74, 6) is -1.88. The average molecular weight is 435 g/mol. The summed E-state index contributed by atoms with van der Waals surface area (Å²) in [5, 5.41) is 0.338. The number of ether oxygens (including phenoxy) is 1. The molecule has 0 spiro atoms. The third-order valence-corrected chi connectivity index (χ3v) is 5.82. The molecule has 1 heterocycles. The zero-order chi connectivity index (χ0) is 21.0. The molecular formula is C20H16ClFN2O4S. The number of benzene rings is 2. The van der Waals surface area contributed by atoms with Crippen molar-refractivity contribution in [2.24, 2.45) is 0 Å². The van der Waals surface area contributed by atoms with Crippen molar-refractivity contribution < 1.29 is 22.3 Å². The molecule has 3 rings (SSSR count). The second-order valence-electron chi connectivity index (χ2n) is 6.25. The Labute approximate surface area is 172 Å². The number of ketones is 1. The fraction of sp³-hybridized carbons (Fsp3) is 0.150. The molecule has 0 saturated carbocycles. The molecule has 2 aromatic carbocycles. The minimum Gasteiger partial charge on any atom is -0.437 e. The molecule has 0 radical (unpaired) electrons. The first-order chi connectivity index (χ1) is 13.7. The Morgan fingerprint density at radius 3 is 2.45 bits per heavy atom. The highest BCUT2D eigenvalue weighted by Crippen LogP contribution is 2.26. The van der Waals surface area contributed by atoms with Gasteiger partial charge in [-0.15, -0.1) is 0 Å². The Bertz CT molecular complexity index is 1170. The van der Waals surface area contributed by atoms with Gasteiger partial charge in [0.2, 0.25) is 5.88 Å². The lowest BCUT2D eigenvalue weighted by Crippen LogP contribution is -2.09. The zero-order valence-corrected chi connectivity index (χ0v) is 16.9. The first-order valence-corrected chi connectivity index (χ1v) is 10.7. The number of rotatable bonds is 7. The number of carbonyl (C=O) groups excluding carboxylic acids is 1. The minimum absolute atomic E-state index is 0.00431. The van der Waals surface area contributed by atoms with Crippen molar-refractivity contribution >= 4 is 27.2 Å². The van der Waals surface area contributed by atoms with Crippen molar-refractivity contribution in [2.45, 2.75) is 18.4 Å². The fourth-order valence-electron chi connectivity index (χ4n) is 2.60. The molecule has 0 aliphatic carbocycles. The van der Waals surface area contributed by atoms with E-state index in [4.69, 9.17) is 16.3 Å². The van der Waals surface area contributed by atoms with Gasteiger partial charge in [0, 0.05) is 36.0 Å². The largest absolute Gasteiger partial charge is 0.437 e. The van der Waals surface area contributed by atoms with E-state index in [0.29, 0.717) is 10.6 Å². The molecule has 150 valence electrons. The highest BCUT2D eigenvalue weighted by molar-refractivity contribution is 7.89. The van der Waals surface area contributed by atoms with E-state index in [2.05, 4.69) is 9.97 Å². The van der Waals surface area contributed by atoms with E-state index >= 15 is 0 Å². The van der Waals surface area contributed by atoms with Gasteiger partial charge in [0.15, 0.2) is 21.3 Å². The van der Waals surface area contributed by atoms with Crippen molar-refractivity contribution in [3.63, 3.8) is 0 Å². The standard InChI is InChI=1S/C20H16ClFN2O4S/c1-13(25)19-20(24-9-8-23-19)28-16-7-6-15(18(22)10-16)12-29(26,27)11-14-4-2-3-5-17(14)21/h2-10H,11-12H2,1H3. The number of hydrogen-bond donors (Lipinski definition) is 0. The average Bonchev–Trinajstić information content (AvgIpc) is 2.66. The molecule has 0 atom stereocenters. The molecule has 0 unspecified atom stereocenters. The lowest BCUT2D eigenvalue weighted by Gasteiger charge is -2.10. The van der Waals surface area contributed by atoms with Crippen LogP contribution < -0.4 is 4.74 Å². The van der Waals surface area contributed by atoms with Crippen LogP contribution in [0, 0.1) is 5.82 Å². The highest BCUT2D eigenvalue weighted by Gasteiger charge is 2.19. The number of hydrogen-bond acceptors (Lipinski definition) is 6. The van der Waals surface area contributed by atoms with E-state index < -0.39 is 21.4 Å². The van der Waals surface area contributed by atoms with E-state index in [-0.39, 0.29) is 34.4 Å². The monoisotopic (exact) mass is 434 g/mol. The summed E-state index contributed by atoms with van der Waals surface area (Å²) < 4.78 is 44.8. The van der Waals surface area contributed by atoms with Crippen LogP contribution >= 0.6 is 11.6 Å². The highest BCUT2D eigenvalue weighted by atomic mass is 35.5. The van der Waals surface area contributed by atoms with E-state index in [0.717, 1.165) is 6.07 Å². The fourth-order valence-corrected chi connectivity index (χ4v) is 4.42. The van der Waals surface area contributed by atoms with Gasteiger partial charge in [0.1, 0.15) is 11.6 Å². The van der Waals surface area contributed by atoms with E-state index in [9.17, 15) is 17.6 Å². The normalized spacial score (nSPS) is 11.3. The maximum atomic E-state index is 14.5. The molecule has 9 heteroatoms. The molecule has 1 aromatic heterocycles. The van der Waals surface area contributed by atoms with E-state index in [1.54, 1.807) is 24.3 Å². The number of nitrogens with zero attached hydrogens (tertiary/aromatic N) is 2. The molecule has 0 amide bonds. The number of carbonyl (C=O) groups is 1. The Morgan fingerprint density at radius 2 is 1.76 bits per heavy atom. The molecule has 0 aliphatic heterocycles. The third kappa shape index (κ3) is 5.36. The topological polar surface area (TPSA) is 86.2 Å². The van der Waals surface area contributed by atoms with Crippen molar-refractivity contribution in [1.82, 2.24) is 9.97 Å². The van der Waals surface area contributed by atoms with Crippen LogP contribution in [0.3, 0.4) is 0 Å². The van der Waals surface area contributed by atoms with Crippen LogP contribution in [0.1, 0.15) is 28.5 Å². The van der Waals surface area contributed by atoms with Crippen molar-refractivity contribution in [3.05, 3.63) is 82.5 Å². The van der Waals surface area contributed by atoms with Crippen LogP contribution in [0.5, 0.6) is 11.6 Å². The van der Waals surface area contributed by atoms with Gasteiger partial charge in [-0.1, -0.05) is 35.9 Å². The quantitative estimate of drug-likeness (QED) is 0.513. The Morgan fingerprint density at radius 1 is 1.07 bits per heavy atom. The summed E-state index contributed by atoms with van der Waals surface area (Å²) in [6.45, 7) is 1.31. The maximum absolute atomic E-state index is 14.5. The molecule has 0 saturated heterocycles. The second-order valence-corrected chi connectivity index (χ2v) is 8.72. The molecular weight excluding hydrogens is 419 g/mol. The summed E-state index contributed by atoms with van der Waals surface area (Å²) in [6, 6.07) is 10.4. The van der Waals surface area contributed by atoms with Gasteiger partial charge in [-0.25, -0.2) is 22.8 Å². The van der Waals surface area contributed by atoms with Crippen LogP contribution in [0.4, 0.5) is 4.39 Å². The van der Waals surface area contributed by atoms with Gasteiger partial charge in [-0.05, 0) is 17.7 Å². The number of aromatic nitrogens is 2. The molecule has 6 nitrogen and oxygen atoms in total. The first kappa shape index (κ1) is 20.9. The molecule has 0 N–H and O–H groups in total. The van der Waals surface area contributed by atoms with Gasteiger partial charge in [-0.2, -0.15) is 0 Å². The van der Waals surface area contributed by atoms with Crippen LogP contribution in [0.15, 0.2) is 54.9 Å². The van der Waals surface area contributed by atoms with Crippen molar-refractivity contribution in [1.29, 1.82) is 0 Å². The van der Waals surface area contributed by atoms with Crippen LogP contribution in [0.2, 0.25) is 5.02 Å². The number of sulfone groups is 1. The molecule has 29 heavy (non-hydrogen) atoms. The van der Waals surface area contributed by atoms with Gasteiger partial charge >= 0.3 is 0 Å². The molecule has 0 aliphatic rings. The van der Waals surface area contributed by atoms with Crippen molar-refractivity contribution in [3.8, 4) is 11.6 Å². The van der Waals surface area contributed by atoms with Gasteiger partial charge < -0.3 is 4.74 Å². The molecule has 0 bridgehead atoms. The maximum Gasteiger partial charge on any atom is 0.249 e. The van der Waals surface area contributed by atoms with Crippen molar-refractivity contribution in [2.75, 3.05) is 0 Å². The van der Waals surface area contributed by atoms with Gasteiger partial charge in [0.25, 0.3) is 0 Å². The zero-order valence-electron chi connectivity index (χ0n) is 15.3. The smallest absolute Gasteiger partial charge is 0.249 e.